The Labute approximate surface area is 116 Å². The summed E-state index contributed by atoms with van der Waals surface area (Å²) in [5, 5.41) is 6.42. The summed E-state index contributed by atoms with van der Waals surface area (Å²) in [5.74, 6) is 0.428. The van der Waals surface area contributed by atoms with Crippen LogP contribution in [0.25, 0.3) is 11.8 Å². The molecule has 20 heavy (non-hydrogen) atoms. The van der Waals surface area contributed by atoms with Gasteiger partial charge in [-0.15, -0.1) is 0 Å². The van der Waals surface area contributed by atoms with Crippen LogP contribution in [0, 0.1) is 6.92 Å². The second kappa shape index (κ2) is 6.12. The molecule has 2 aromatic rings. The maximum atomic E-state index is 11.8. The Bertz CT molecular complexity index is 617. The van der Waals surface area contributed by atoms with Gasteiger partial charge in [0, 0.05) is 0 Å². The molecule has 1 aromatic heterocycles. The number of benzene rings is 1. The Kier molecular flexibility index (Phi) is 4.27. The third-order valence-electron chi connectivity index (χ3n) is 2.54. The van der Waals surface area contributed by atoms with Crippen LogP contribution in [0.2, 0.25) is 0 Å². The van der Waals surface area contributed by atoms with Gasteiger partial charge < -0.3 is 15.6 Å². The van der Waals surface area contributed by atoms with Crippen LogP contribution in [0.5, 0.6) is 0 Å². The number of rotatable bonds is 4. The van der Waals surface area contributed by atoms with E-state index < -0.39 is 6.04 Å². The summed E-state index contributed by atoms with van der Waals surface area (Å²) in [7, 11) is 0. The Morgan fingerprint density at radius 1 is 1.40 bits per heavy atom. The van der Waals surface area contributed by atoms with E-state index in [1.807, 2.05) is 30.3 Å². The highest BCUT2D eigenvalue weighted by atomic mass is 16.5. The van der Waals surface area contributed by atoms with E-state index in [9.17, 15) is 4.79 Å². The maximum absolute atomic E-state index is 11.8. The van der Waals surface area contributed by atoms with Crippen molar-refractivity contribution in [2.45, 2.75) is 19.9 Å². The molecule has 0 unspecified atom stereocenters. The molecule has 1 heterocycles. The van der Waals surface area contributed by atoms with Crippen LogP contribution in [0.4, 0.5) is 0 Å². The minimum absolute atomic E-state index is 0.250. The minimum atomic E-state index is -0.627. The smallest absolute Gasteiger partial charge is 0.274 e. The molecule has 0 saturated carbocycles. The fraction of sp³-hybridized carbons (Fsp3) is 0.214. The molecule has 1 aromatic carbocycles. The van der Waals surface area contributed by atoms with Gasteiger partial charge in [0.2, 0.25) is 5.91 Å². The summed E-state index contributed by atoms with van der Waals surface area (Å²) in [6.07, 6.45) is 1.76. The summed E-state index contributed by atoms with van der Waals surface area (Å²) >= 11 is 0. The van der Waals surface area contributed by atoms with Crippen molar-refractivity contribution in [1.82, 2.24) is 15.5 Å². The van der Waals surface area contributed by atoms with E-state index in [1.54, 1.807) is 19.9 Å². The molecule has 0 spiro atoms. The van der Waals surface area contributed by atoms with Crippen molar-refractivity contribution in [1.29, 1.82) is 0 Å². The summed E-state index contributed by atoms with van der Waals surface area (Å²) in [6, 6.07) is 8.89. The van der Waals surface area contributed by atoms with E-state index in [0.29, 0.717) is 11.5 Å². The van der Waals surface area contributed by atoms with E-state index in [-0.39, 0.29) is 11.8 Å². The van der Waals surface area contributed by atoms with Gasteiger partial charge >= 0.3 is 0 Å². The molecule has 0 bridgehead atoms. The van der Waals surface area contributed by atoms with Crippen molar-refractivity contribution in [2.75, 3.05) is 0 Å². The SMILES string of the molecule is Cc1noc(C(=Cc2ccccc2)NC(=O)[C@@H](C)N)n1. The summed E-state index contributed by atoms with van der Waals surface area (Å²) in [5.41, 5.74) is 6.89. The van der Waals surface area contributed by atoms with Gasteiger partial charge in [0.05, 0.1) is 6.04 Å². The van der Waals surface area contributed by atoms with Gasteiger partial charge in [0.25, 0.3) is 5.89 Å². The molecule has 0 aliphatic heterocycles. The molecule has 1 amide bonds. The molecule has 6 nitrogen and oxygen atoms in total. The predicted molar refractivity (Wildman–Crippen MR) is 75.1 cm³/mol. The first-order valence-corrected chi connectivity index (χ1v) is 6.20. The van der Waals surface area contributed by atoms with Crippen LogP contribution in [0.15, 0.2) is 34.9 Å². The van der Waals surface area contributed by atoms with Crippen LogP contribution in [-0.4, -0.2) is 22.1 Å². The molecule has 2 rings (SSSR count). The fourth-order valence-corrected chi connectivity index (χ4v) is 1.52. The number of amides is 1. The van der Waals surface area contributed by atoms with E-state index in [1.165, 1.54) is 0 Å². The van der Waals surface area contributed by atoms with Crippen molar-refractivity contribution in [3.8, 4) is 0 Å². The summed E-state index contributed by atoms with van der Waals surface area (Å²) in [6.45, 7) is 3.31. The van der Waals surface area contributed by atoms with Crippen LogP contribution in [0.3, 0.4) is 0 Å². The molecule has 3 N–H and O–H groups in total. The standard InChI is InChI=1S/C14H16N4O2/c1-9(15)13(19)17-12(14-16-10(2)18-20-14)8-11-6-4-3-5-7-11/h3-9H,15H2,1-2H3,(H,17,19)/t9-/m1/s1. The zero-order valence-corrected chi connectivity index (χ0v) is 11.3. The molecule has 0 radical (unpaired) electrons. The third-order valence-corrected chi connectivity index (χ3v) is 2.54. The average Bonchev–Trinajstić information content (AvgIpc) is 2.85. The Morgan fingerprint density at radius 2 is 2.10 bits per heavy atom. The second-order valence-electron chi connectivity index (χ2n) is 4.39. The zero-order valence-electron chi connectivity index (χ0n) is 11.3. The monoisotopic (exact) mass is 272 g/mol. The Morgan fingerprint density at radius 3 is 2.65 bits per heavy atom. The van der Waals surface area contributed by atoms with Crippen LogP contribution in [0.1, 0.15) is 24.2 Å². The first-order valence-electron chi connectivity index (χ1n) is 6.20. The molecule has 104 valence electrons. The number of hydrogen-bond acceptors (Lipinski definition) is 5. The van der Waals surface area contributed by atoms with Crippen molar-refractivity contribution in [2.24, 2.45) is 5.73 Å². The van der Waals surface area contributed by atoms with E-state index in [4.69, 9.17) is 10.3 Å². The van der Waals surface area contributed by atoms with E-state index in [2.05, 4.69) is 15.5 Å². The van der Waals surface area contributed by atoms with E-state index >= 15 is 0 Å². The molecule has 0 saturated heterocycles. The lowest BCUT2D eigenvalue weighted by molar-refractivity contribution is -0.120. The average molecular weight is 272 g/mol. The highest BCUT2D eigenvalue weighted by Gasteiger charge is 2.15. The molecule has 1 atom stereocenters. The third kappa shape index (κ3) is 3.52. The number of nitrogens with zero attached hydrogens (tertiary/aromatic N) is 2. The first-order chi connectivity index (χ1) is 9.56. The number of nitrogens with two attached hydrogens (primary N) is 1. The number of carbonyl (C=O) groups excluding carboxylic acids is 1. The van der Waals surface area contributed by atoms with Gasteiger partial charge in [-0.2, -0.15) is 4.98 Å². The quantitative estimate of drug-likeness (QED) is 0.876. The van der Waals surface area contributed by atoms with Gasteiger partial charge in [0.15, 0.2) is 5.82 Å². The number of aryl methyl sites for hydroxylation is 1. The highest BCUT2D eigenvalue weighted by Crippen LogP contribution is 2.14. The van der Waals surface area contributed by atoms with Gasteiger partial charge in [0.1, 0.15) is 5.70 Å². The van der Waals surface area contributed by atoms with E-state index in [0.717, 1.165) is 5.56 Å². The number of carbonyl (C=O) groups is 1. The lowest BCUT2D eigenvalue weighted by Gasteiger charge is -2.08. The van der Waals surface area contributed by atoms with Crippen molar-refractivity contribution in [3.63, 3.8) is 0 Å². The largest absolute Gasteiger partial charge is 0.332 e. The topological polar surface area (TPSA) is 94.0 Å². The summed E-state index contributed by atoms with van der Waals surface area (Å²) < 4.78 is 5.09. The second-order valence-corrected chi connectivity index (χ2v) is 4.39. The molecule has 0 fully saturated rings. The van der Waals surface area contributed by atoms with Crippen molar-refractivity contribution >= 4 is 17.7 Å². The molecule has 6 heteroatoms. The number of aromatic nitrogens is 2. The van der Waals surface area contributed by atoms with Gasteiger partial charge in [-0.1, -0.05) is 35.5 Å². The first kappa shape index (κ1) is 14.0. The van der Waals surface area contributed by atoms with Gasteiger partial charge in [-0.05, 0) is 25.5 Å². The van der Waals surface area contributed by atoms with Gasteiger partial charge in [-0.25, -0.2) is 0 Å². The molecule has 0 aliphatic rings. The highest BCUT2D eigenvalue weighted by molar-refractivity contribution is 5.93. The van der Waals surface area contributed by atoms with Crippen LogP contribution < -0.4 is 11.1 Å². The normalized spacial score (nSPS) is 13.1. The number of hydrogen-bond donors (Lipinski definition) is 2. The minimum Gasteiger partial charge on any atom is -0.332 e. The molecular formula is C14H16N4O2. The molecule has 0 aliphatic carbocycles. The number of nitrogens with one attached hydrogen (secondary N) is 1. The Hall–Kier alpha value is -2.47. The van der Waals surface area contributed by atoms with Crippen molar-refractivity contribution in [3.05, 3.63) is 47.6 Å². The Balaban J connectivity index is 2.34. The van der Waals surface area contributed by atoms with Gasteiger partial charge in [-0.3, -0.25) is 4.79 Å². The lowest BCUT2D eigenvalue weighted by atomic mass is 10.2. The van der Waals surface area contributed by atoms with Crippen LogP contribution in [-0.2, 0) is 4.79 Å². The molecular weight excluding hydrogens is 256 g/mol. The maximum Gasteiger partial charge on any atom is 0.274 e. The van der Waals surface area contributed by atoms with Crippen LogP contribution >= 0.6 is 0 Å². The zero-order chi connectivity index (χ0) is 14.5. The fourth-order valence-electron chi connectivity index (χ4n) is 1.52. The lowest BCUT2D eigenvalue weighted by Crippen LogP contribution is -2.37. The van der Waals surface area contributed by atoms with Crippen molar-refractivity contribution < 1.29 is 9.32 Å². The predicted octanol–water partition coefficient (Wildman–Crippen LogP) is 1.34. The summed E-state index contributed by atoms with van der Waals surface area (Å²) in [4.78, 5) is 15.9.